The Morgan fingerprint density at radius 3 is 2.83 bits per heavy atom. The van der Waals surface area contributed by atoms with Gasteiger partial charge in [0.15, 0.2) is 17.3 Å². The van der Waals surface area contributed by atoms with Crippen molar-refractivity contribution in [3.63, 3.8) is 0 Å². The number of likely N-dealkylation sites (N-methyl/N-ethyl adjacent to an activating group) is 1. The van der Waals surface area contributed by atoms with Gasteiger partial charge in [-0.2, -0.15) is 0 Å². The van der Waals surface area contributed by atoms with Gasteiger partial charge in [-0.3, -0.25) is 14.5 Å². The lowest BCUT2D eigenvalue weighted by atomic mass is 9.48. The fourth-order valence-corrected chi connectivity index (χ4v) is 7.51. The molecule has 2 bridgehead atoms. The summed E-state index contributed by atoms with van der Waals surface area (Å²) in [5, 5.41) is 23.2. The third kappa shape index (κ3) is 2.77. The number of amides is 1. The van der Waals surface area contributed by atoms with Crippen LogP contribution in [-0.4, -0.2) is 75.6 Å². The minimum atomic E-state index is -1.32. The normalized spacial score (nSPS) is 34.5. The van der Waals surface area contributed by atoms with Crippen LogP contribution >= 0.6 is 0 Å². The molecule has 188 valence electrons. The third-order valence-electron chi connectivity index (χ3n) is 9.38. The summed E-state index contributed by atoms with van der Waals surface area (Å²) in [5.74, 6) is 0.589. The van der Waals surface area contributed by atoms with Gasteiger partial charge in [0.05, 0.1) is 24.0 Å². The quantitative estimate of drug-likeness (QED) is 0.621. The van der Waals surface area contributed by atoms with Crippen molar-refractivity contribution in [1.29, 1.82) is 0 Å². The number of aromatic hydroxyl groups is 1. The molecule has 2 aromatic rings. The predicted octanol–water partition coefficient (Wildman–Crippen LogP) is 2.73. The molecule has 1 aromatic heterocycles. The molecular weight excluding hydrogens is 460 g/mol. The van der Waals surface area contributed by atoms with Crippen LogP contribution in [0.4, 0.5) is 0 Å². The van der Waals surface area contributed by atoms with Crippen LogP contribution in [0.1, 0.15) is 53.6 Å². The van der Waals surface area contributed by atoms with Crippen LogP contribution < -0.4 is 4.74 Å². The van der Waals surface area contributed by atoms with Crippen molar-refractivity contribution in [3.8, 4) is 11.5 Å². The molecule has 1 amide bonds. The highest BCUT2D eigenvalue weighted by Gasteiger charge is 2.75. The standard InChI is InChI=1S/C28H30N2O6/c1-29(21(32)7-4-17-9-13-35-15-17)19-8-10-28(34)25-23(33)18-5-6-20(31)24-22(18)27(28,26(19)36-24)11-12-30(25)14-16-2-3-16/h4-7,9,13,15-16,19,25-26,31,34H,2-3,8,10-12,14H2,1H3/b7-4+/t19?,25-,26?,27+,28-/m1/s1. The average Bonchev–Trinajstić information content (AvgIpc) is 3.38. The van der Waals surface area contributed by atoms with E-state index in [0.29, 0.717) is 48.6 Å². The molecular formula is C28H30N2O6. The van der Waals surface area contributed by atoms with E-state index in [2.05, 4.69) is 4.90 Å². The molecule has 8 nitrogen and oxygen atoms in total. The first-order valence-corrected chi connectivity index (χ1v) is 12.9. The number of furan rings is 1. The van der Waals surface area contributed by atoms with Crippen molar-refractivity contribution >= 4 is 17.8 Å². The van der Waals surface area contributed by atoms with E-state index in [0.717, 1.165) is 12.1 Å². The highest BCUT2D eigenvalue weighted by atomic mass is 16.5. The van der Waals surface area contributed by atoms with Crippen molar-refractivity contribution in [2.45, 2.75) is 61.3 Å². The van der Waals surface area contributed by atoms with E-state index in [1.807, 2.05) is 0 Å². The molecule has 1 saturated heterocycles. The Balaban J connectivity index is 1.31. The number of aliphatic hydroxyl groups is 1. The molecule has 2 unspecified atom stereocenters. The Kier molecular flexibility index (Phi) is 4.58. The van der Waals surface area contributed by atoms with Crippen LogP contribution in [0, 0.1) is 5.92 Å². The van der Waals surface area contributed by atoms with Gasteiger partial charge in [-0.15, -0.1) is 0 Å². The second kappa shape index (κ2) is 7.46. The molecule has 5 atom stereocenters. The zero-order chi connectivity index (χ0) is 24.8. The summed E-state index contributed by atoms with van der Waals surface area (Å²) in [5.41, 5.74) is -0.206. The number of Topliss-reactive ketones (excluding diaryl/α,β-unsaturated/α-hetero) is 1. The minimum Gasteiger partial charge on any atom is -0.504 e. The van der Waals surface area contributed by atoms with Crippen LogP contribution in [0.5, 0.6) is 11.5 Å². The van der Waals surface area contributed by atoms with Gasteiger partial charge in [0.2, 0.25) is 5.91 Å². The Bertz CT molecular complexity index is 1280. The second-order valence-electron chi connectivity index (χ2n) is 11.2. The molecule has 7 rings (SSSR count). The van der Waals surface area contributed by atoms with Crippen LogP contribution in [-0.2, 0) is 10.2 Å². The molecule has 1 aromatic carbocycles. The average molecular weight is 491 g/mol. The maximum absolute atomic E-state index is 13.9. The number of carbonyl (C=O) groups excluding carboxylic acids is 2. The third-order valence-corrected chi connectivity index (χ3v) is 9.38. The fourth-order valence-electron chi connectivity index (χ4n) is 7.51. The highest BCUT2D eigenvalue weighted by molar-refractivity contribution is 6.06. The molecule has 2 N–H and O–H groups in total. The molecule has 8 heteroatoms. The van der Waals surface area contributed by atoms with Crippen LogP contribution in [0.3, 0.4) is 0 Å². The summed E-state index contributed by atoms with van der Waals surface area (Å²) < 4.78 is 11.6. The Morgan fingerprint density at radius 1 is 1.25 bits per heavy atom. The number of rotatable bonds is 5. The highest BCUT2D eigenvalue weighted by Crippen LogP contribution is 2.65. The van der Waals surface area contributed by atoms with E-state index in [-0.39, 0.29) is 23.5 Å². The summed E-state index contributed by atoms with van der Waals surface area (Å²) in [6.07, 6.45) is 9.61. The molecule has 36 heavy (non-hydrogen) atoms. The van der Waals surface area contributed by atoms with Crippen molar-refractivity contribution in [2.75, 3.05) is 20.1 Å². The Morgan fingerprint density at radius 2 is 2.08 bits per heavy atom. The van der Waals surface area contributed by atoms with E-state index >= 15 is 0 Å². The Labute approximate surface area is 209 Å². The summed E-state index contributed by atoms with van der Waals surface area (Å²) in [6, 6.07) is 4.02. The number of hydrogen-bond acceptors (Lipinski definition) is 7. The molecule has 1 spiro atoms. The van der Waals surface area contributed by atoms with E-state index in [1.165, 1.54) is 25.0 Å². The number of phenolic OH excluding ortho intramolecular Hbond substituents is 1. The molecule has 3 fully saturated rings. The van der Waals surface area contributed by atoms with Gasteiger partial charge < -0.3 is 24.3 Å². The van der Waals surface area contributed by atoms with Crippen molar-refractivity contribution in [3.05, 3.63) is 53.5 Å². The van der Waals surface area contributed by atoms with Crippen LogP contribution in [0.25, 0.3) is 6.08 Å². The first-order valence-electron chi connectivity index (χ1n) is 12.9. The zero-order valence-corrected chi connectivity index (χ0v) is 20.2. The van der Waals surface area contributed by atoms with Gasteiger partial charge in [0, 0.05) is 42.9 Å². The lowest BCUT2D eigenvalue weighted by Gasteiger charge is -2.63. The monoisotopic (exact) mass is 490 g/mol. The number of carbonyl (C=O) groups is 2. The maximum atomic E-state index is 13.9. The van der Waals surface area contributed by atoms with E-state index in [9.17, 15) is 19.8 Å². The van der Waals surface area contributed by atoms with Crippen molar-refractivity contribution in [1.82, 2.24) is 9.80 Å². The number of nitrogens with zero attached hydrogens (tertiary/aromatic N) is 2. The summed E-state index contributed by atoms with van der Waals surface area (Å²) in [4.78, 5) is 30.9. The summed E-state index contributed by atoms with van der Waals surface area (Å²) >= 11 is 0. The van der Waals surface area contributed by atoms with Crippen LogP contribution in [0.2, 0.25) is 0 Å². The topological polar surface area (TPSA) is 103 Å². The lowest BCUT2D eigenvalue weighted by molar-refractivity contribution is -0.187. The molecule has 5 aliphatic rings. The molecule has 2 saturated carbocycles. The number of piperidine rings is 1. The fraction of sp³-hybridized carbons (Fsp3) is 0.500. The van der Waals surface area contributed by atoms with E-state index in [1.54, 1.807) is 42.7 Å². The summed E-state index contributed by atoms with van der Waals surface area (Å²) in [7, 11) is 1.76. The maximum Gasteiger partial charge on any atom is 0.246 e. The largest absolute Gasteiger partial charge is 0.504 e. The van der Waals surface area contributed by atoms with Crippen LogP contribution in [0.15, 0.2) is 41.2 Å². The molecule has 3 aliphatic carbocycles. The first kappa shape index (κ1) is 22.1. The number of ether oxygens (including phenoxy) is 1. The van der Waals surface area contributed by atoms with Gasteiger partial charge >= 0.3 is 0 Å². The smallest absolute Gasteiger partial charge is 0.246 e. The number of likely N-dealkylation sites (tertiary alicyclic amines) is 1. The number of hydrogen-bond donors (Lipinski definition) is 2. The minimum absolute atomic E-state index is 0.0286. The SMILES string of the molecule is CN(C(=O)/C=C/c1ccoc1)C1CC[C@@]2(O)[C@H]3C(=O)c4ccc(O)c5c4[C@@]2(CCN3CC2CC2)C1O5. The van der Waals surface area contributed by atoms with Crippen molar-refractivity contribution in [2.24, 2.45) is 5.92 Å². The summed E-state index contributed by atoms with van der Waals surface area (Å²) in [6.45, 7) is 1.50. The number of benzene rings is 1. The Hall–Kier alpha value is -3.10. The molecule has 3 heterocycles. The van der Waals surface area contributed by atoms with Gasteiger partial charge in [-0.05, 0) is 62.3 Å². The van der Waals surface area contributed by atoms with Gasteiger partial charge in [0.25, 0.3) is 0 Å². The predicted molar refractivity (Wildman–Crippen MR) is 130 cm³/mol. The van der Waals surface area contributed by atoms with Crippen molar-refractivity contribution < 1.29 is 29.0 Å². The molecule has 0 radical (unpaired) electrons. The number of phenols is 1. The lowest BCUT2D eigenvalue weighted by Crippen LogP contribution is -2.79. The van der Waals surface area contributed by atoms with E-state index in [4.69, 9.17) is 9.15 Å². The second-order valence-corrected chi connectivity index (χ2v) is 11.2. The van der Waals surface area contributed by atoms with E-state index < -0.39 is 23.2 Å². The zero-order valence-electron chi connectivity index (χ0n) is 20.2. The van der Waals surface area contributed by atoms with Gasteiger partial charge in [-0.25, -0.2) is 0 Å². The molecule has 2 aliphatic heterocycles. The first-order chi connectivity index (χ1) is 17.3. The number of ketones is 1. The van der Waals surface area contributed by atoms with Gasteiger partial charge in [-0.1, -0.05) is 0 Å². The van der Waals surface area contributed by atoms with Gasteiger partial charge in [0.1, 0.15) is 17.7 Å².